The highest BCUT2D eigenvalue weighted by molar-refractivity contribution is 7.16. The Kier molecular flexibility index (Phi) is 3.58. The second-order valence-electron chi connectivity index (χ2n) is 6.26. The molecule has 0 aliphatic rings. The number of nitrogens with zero attached hydrogens (tertiary/aromatic N) is 5. The SMILES string of the molecule is CC(c1nc2ncnc(N)c2[nH]1)c1cc2ccsc2nc1-c1ccccn1. The average molecular weight is 373 g/mol. The predicted octanol–water partition coefficient (Wildman–Crippen LogP) is 3.76. The summed E-state index contributed by atoms with van der Waals surface area (Å²) < 4.78 is 0. The largest absolute Gasteiger partial charge is 0.382 e. The zero-order chi connectivity index (χ0) is 18.4. The molecule has 3 N–H and O–H groups in total. The lowest BCUT2D eigenvalue weighted by molar-refractivity contribution is 0.843. The fourth-order valence-electron chi connectivity index (χ4n) is 3.17. The Hall–Kier alpha value is -3.39. The summed E-state index contributed by atoms with van der Waals surface area (Å²) in [5.41, 5.74) is 9.91. The second-order valence-corrected chi connectivity index (χ2v) is 7.15. The van der Waals surface area contributed by atoms with Gasteiger partial charge in [-0.05, 0) is 35.2 Å². The van der Waals surface area contributed by atoms with E-state index in [1.54, 1.807) is 17.5 Å². The van der Waals surface area contributed by atoms with Crippen LogP contribution in [0, 0.1) is 0 Å². The van der Waals surface area contributed by atoms with E-state index in [1.165, 1.54) is 6.33 Å². The molecule has 27 heavy (non-hydrogen) atoms. The molecule has 0 saturated heterocycles. The Morgan fingerprint density at radius 3 is 2.85 bits per heavy atom. The normalized spacial score (nSPS) is 12.6. The van der Waals surface area contributed by atoms with Gasteiger partial charge in [-0.25, -0.2) is 19.9 Å². The van der Waals surface area contributed by atoms with Crippen LogP contribution in [0.15, 0.2) is 48.2 Å². The lowest BCUT2D eigenvalue weighted by Crippen LogP contribution is -2.03. The number of pyridine rings is 2. The van der Waals surface area contributed by atoms with Crippen LogP contribution in [-0.2, 0) is 0 Å². The predicted molar refractivity (Wildman–Crippen MR) is 106 cm³/mol. The number of nitrogens with two attached hydrogens (primary N) is 1. The molecule has 0 fully saturated rings. The molecule has 0 aromatic carbocycles. The van der Waals surface area contributed by atoms with Crippen molar-refractivity contribution in [3.05, 3.63) is 59.6 Å². The second kappa shape index (κ2) is 6.10. The van der Waals surface area contributed by atoms with Gasteiger partial charge >= 0.3 is 0 Å². The van der Waals surface area contributed by atoms with Crippen molar-refractivity contribution >= 4 is 38.5 Å². The summed E-state index contributed by atoms with van der Waals surface area (Å²) >= 11 is 1.62. The van der Waals surface area contributed by atoms with Crippen molar-refractivity contribution in [1.82, 2.24) is 29.9 Å². The first-order valence-corrected chi connectivity index (χ1v) is 9.34. The van der Waals surface area contributed by atoms with Crippen LogP contribution in [0.1, 0.15) is 24.2 Å². The highest BCUT2D eigenvalue weighted by Gasteiger charge is 2.21. The van der Waals surface area contributed by atoms with Crippen LogP contribution in [0.4, 0.5) is 5.82 Å². The Labute approximate surface area is 158 Å². The standard InChI is InChI=1S/C19H15N7S/c1-10(17-24-15-16(20)22-9-23-18(15)26-17)12-8-11-5-7-27-19(11)25-14(12)13-4-2-3-6-21-13/h2-10H,1H3,(H3,20,22,23,24,26). The lowest BCUT2D eigenvalue weighted by Gasteiger charge is -2.14. The molecule has 0 aliphatic heterocycles. The molecule has 0 bridgehead atoms. The van der Waals surface area contributed by atoms with E-state index in [0.717, 1.165) is 33.0 Å². The number of hydrogen-bond donors (Lipinski definition) is 2. The zero-order valence-corrected chi connectivity index (χ0v) is 15.2. The highest BCUT2D eigenvalue weighted by Crippen LogP contribution is 2.34. The van der Waals surface area contributed by atoms with Gasteiger partial charge in [0.15, 0.2) is 11.5 Å². The summed E-state index contributed by atoms with van der Waals surface area (Å²) in [6, 6.07) is 10.1. The maximum atomic E-state index is 5.95. The van der Waals surface area contributed by atoms with Gasteiger partial charge in [0, 0.05) is 17.5 Å². The van der Waals surface area contributed by atoms with E-state index in [9.17, 15) is 0 Å². The minimum Gasteiger partial charge on any atom is -0.382 e. The van der Waals surface area contributed by atoms with E-state index in [2.05, 4.69) is 44.0 Å². The quantitative estimate of drug-likeness (QED) is 0.499. The minimum absolute atomic E-state index is 0.0487. The summed E-state index contributed by atoms with van der Waals surface area (Å²) in [7, 11) is 0. The van der Waals surface area contributed by atoms with Gasteiger partial charge in [-0.2, -0.15) is 0 Å². The number of aromatic nitrogens is 6. The van der Waals surface area contributed by atoms with Gasteiger partial charge in [-0.15, -0.1) is 11.3 Å². The number of nitrogens with one attached hydrogen (secondary N) is 1. The highest BCUT2D eigenvalue weighted by atomic mass is 32.1. The third-order valence-corrected chi connectivity index (χ3v) is 5.41. The Morgan fingerprint density at radius 1 is 1.11 bits per heavy atom. The minimum atomic E-state index is -0.0487. The number of fused-ring (bicyclic) bond motifs is 2. The Morgan fingerprint density at radius 2 is 2.04 bits per heavy atom. The molecule has 1 unspecified atom stereocenters. The maximum Gasteiger partial charge on any atom is 0.183 e. The monoisotopic (exact) mass is 373 g/mol. The first-order chi connectivity index (χ1) is 13.2. The molecular formula is C19H15N7S. The van der Waals surface area contributed by atoms with Gasteiger partial charge in [0.2, 0.25) is 0 Å². The summed E-state index contributed by atoms with van der Waals surface area (Å²) in [4.78, 5) is 26.5. The van der Waals surface area contributed by atoms with E-state index in [1.807, 2.05) is 23.6 Å². The molecule has 132 valence electrons. The molecule has 5 aromatic heterocycles. The van der Waals surface area contributed by atoms with Crippen molar-refractivity contribution in [1.29, 1.82) is 0 Å². The Bertz CT molecular complexity index is 1260. The molecule has 8 heteroatoms. The molecule has 1 atom stereocenters. The van der Waals surface area contributed by atoms with Crippen LogP contribution in [0.5, 0.6) is 0 Å². The number of anilines is 1. The molecule has 7 nitrogen and oxygen atoms in total. The fourth-order valence-corrected chi connectivity index (χ4v) is 3.92. The molecule has 0 spiro atoms. The van der Waals surface area contributed by atoms with Gasteiger partial charge in [0.1, 0.15) is 22.5 Å². The van der Waals surface area contributed by atoms with Crippen molar-refractivity contribution in [2.45, 2.75) is 12.8 Å². The van der Waals surface area contributed by atoms with Crippen LogP contribution in [0.2, 0.25) is 0 Å². The first-order valence-electron chi connectivity index (χ1n) is 8.46. The number of rotatable bonds is 3. The van der Waals surface area contributed by atoms with E-state index in [0.29, 0.717) is 17.0 Å². The van der Waals surface area contributed by atoms with Crippen LogP contribution in [0.25, 0.3) is 32.8 Å². The van der Waals surface area contributed by atoms with E-state index in [-0.39, 0.29) is 5.92 Å². The van der Waals surface area contributed by atoms with Crippen LogP contribution < -0.4 is 5.73 Å². The smallest absolute Gasteiger partial charge is 0.183 e. The van der Waals surface area contributed by atoms with E-state index < -0.39 is 0 Å². The molecular weight excluding hydrogens is 358 g/mol. The van der Waals surface area contributed by atoms with Gasteiger partial charge in [0.25, 0.3) is 0 Å². The molecule has 0 radical (unpaired) electrons. The number of H-pyrrole nitrogens is 1. The number of hydrogen-bond acceptors (Lipinski definition) is 7. The fraction of sp³-hybridized carbons (Fsp3) is 0.105. The zero-order valence-electron chi connectivity index (χ0n) is 14.4. The third-order valence-electron chi connectivity index (χ3n) is 4.59. The van der Waals surface area contributed by atoms with E-state index >= 15 is 0 Å². The summed E-state index contributed by atoms with van der Waals surface area (Å²) in [6.07, 6.45) is 3.20. The van der Waals surface area contributed by atoms with Gasteiger partial charge in [-0.1, -0.05) is 13.0 Å². The maximum absolute atomic E-state index is 5.95. The molecule has 0 aliphatic carbocycles. The summed E-state index contributed by atoms with van der Waals surface area (Å²) in [5.74, 6) is 1.11. The third kappa shape index (κ3) is 2.61. The van der Waals surface area contributed by atoms with Crippen LogP contribution in [-0.4, -0.2) is 29.9 Å². The Balaban J connectivity index is 1.71. The first kappa shape index (κ1) is 15.8. The van der Waals surface area contributed by atoms with Crippen LogP contribution >= 0.6 is 11.3 Å². The molecule has 5 rings (SSSR count). The van der Waals surface area contributed by atoms with Crippen molar-refractivity contribution in [3.8, 4) is 11.4 Å². The number of aromatic amines is 1. The lowest BCUT2D eigenvalue weighted by atomic mass is 9.96. The van der Waals surface area contributed by atoms with Crippen molar-refractivity contribution < 1.29 is 0 Å². The molecule has 0 saturated carbocycles. The van der Waals surface area contributed by atoms with Crippen molar-refractivity contribution in [2.24, 2.45) is 0 Å². The topological polar surface area (TPSA) is 106 Å². The average Bonchev–Trinajstić information content (AvgIpc) is 3.34. The van der Waals surface area contributed by atoms with Gasteiger partial charge in [-0.3, -0.25) is 4.98 Å². The van der Waals surface area contributed by atoms with E-state index in [4.69, 9.17) is 10.7 Å². The van der Waals surface area contributed by atoms with Gasteiger partial charge < -0.3 is 10.7 Å². The number of imidazole rings is 1. The molecule has 5 heterocycles. The summed E-state index contributed by atoms with van der Waals surface area (Å²) in [6.45, 7) is 2.09. The number of thiophene rings is 1. The van der Waals surface area contributed by atoms with Gasteiger partial charge in [0.05, 0.1) is 11.4 Å². The summed E-state index contributed by atoms with van der Waals surface area (Å²) in [5, 5.41) is 3.16. The molecule has 5 aromatic rings. The number of nitrogen functional groups attached to an aromatic ring is 1. The molecule has 0 amide bonds. The van der Waals surface area contributed by atoms with Crippen molar-refractivity contribution in [3.63, 3.8) is 0 Å². The van der Waals surface area contributed by atoms with Crippen LogP contribution in [0.3, 0.4) is 0 Å². The van der Waals surface area contributed by atoms with Crippen molar-refractivity contribution in [2.75, 3.05) is 5.73 Å².